The van der Waals surface area contributed by atoms with Gasteiger partial charge in [-0.2, -0.15) is 0 Å². The largest absolute Gasteiger partial charge is 0.506 e. The maximum absolute atomic E-state index is 11.6. The number of hydrogen-bond donors (Lipinski definition) is 2. The molecule has 1 rings (SSSR count). The van der Waals surface area contributed by atoms with Crippen molar-refractivity contribution in [3.05, 3.63) is 22.1 Å². The summed E-state index contributed by atoms with van der Waals surface area (Å²) in [6, 6.07) is 1.40. The van der Waals surface area contributed by atoms with Crippen molar-refractivity contribution in [1.82, 2.24) is 4.98 Å². The van der Waals surface area contributed by atoms with Gasteiger partial charge in [0.25, 0.3) is 5.56 Å². The van der Waals surface area contributed by atoms with Crippen LogP contribution in [0.25, 0.3) is 0 Å². The van der Waals surface area contributed by atoms with Crippen LogP contribution in [0.4, 0.5) is 0 Å². The van der Waals surface area contributed by atoms with Crippen molar-refractivity contribution in [2.24, 2.45) is 0 Å². The predicted molar refractivity (Wildman–Crippen MR) is 55.0 cm³/mol. The van der Waals surface area contributed by atoms with Gasteiger partial charge in [0, 0.05) is 17.0 Å². The molecule has 0 saturated heterocycles. The molecule has 1 unspecified atom stereocenters. The highest BCUT2D eigenvalue weighted by atomic mass is 32.2. The average Bonchev–Trinajstić information content (AvgIpc) is 2.01. The van der Waals surface area contributed by atoms with Crippen molar-refractivity contribution in [2.45, 2.75) is 30.9 Å². The Kier molecular flexibility index (Phi) is 3.10. The van der Waals surface area contributed by atoms with Crippen LogP contribution in [0, 0.1) is 6.92 Å². The van der Waals surface area contributed by atoms with E-state index in [1.54, 1.807) is 20.8 Å². The molecular weight excluding hydrogens is 202 g/mol. The van der Waals surface area contributed by atoms with Crippen LogP contribution in [0.3, 0.4) is 0 Å². The topological polar surface area (TPSA) is 70.2 Å². The van der Waals surface area contributed by atoms with Crippen LogP contribution >= 0.6 is 0 Å². The summed E-state index contributed by atoms with van der Waals surface area (Å²) in [4.78, 5) is 13.9. The fraction of sp³-hybridized carbons (Fsp3) is 0.444. The Hall–Kier alpha value is -1.10. The molecule has 0 aliphatic carbocycles. The minimum Gasteiger partial charge on any atom is -0.506 e. The molecule has 0 aromatic carbocycles. The number of rotatable bonds is 2. The Bertz CT molecular complexity index is 423. The second-order valence-electron chi connectivity index (χ2n) is 3.34. The van der Waals surface area contributed by atoms with Crippen molar-refractivity contribution >= 4 is 10.8 Å². The van der Waals surface area contributed by atoms with E-state index in [9.17, 15) is 14.1 Å². The smallest absolute Gasteiger partial charge is 0.268 e. The molecule has 14 heavy (non-hydrogen) atoms. The van der Waals surface area contributed by atoms with Gasteiger partial charge in [-0.25, -0.2) is 0 Å². The molecule has 0 spiro atoms. The van der Waals surface area contributed by atoms with E-state index in [1.165, 1.54) is 6.07 Å². The van der Waals surface area contributed by atoms with Gasteiger partial charge >= 0.3 is 0 Å². The molecule has 1 atom stereocenters. The lowest BCUT2D eigenvalue weighted by Crippen LogP contribution is -2.19. The predicted octanol–water partition coefficient (Wildman–Crippen LogP) is 0.905. The van der Waals surface area contributed by atoms with Crippen molar-refractivity contribution in [3.63, 3.8) is 0 Å². The molecule has 4 nitrogen and oxygen atoms in total. The van der Waals surface area contributed by atoms with E-state index in [0.717, 1.165) is 0 Å². The quantitative estimate of drug-likeness (QED) is 0.770. The Morgan fingerprint density at radius 3 is 2.50 bits per heavy atom. The Morgan fingerprint density at radius 1 is 1.50 bits per heavy atom. The fourth-order valence-corrected chi connectivity index (χ4v) is 2.06. The van der Waals surface area contributed by atoms with Gasteiger partial charge < -0.3 is 10.1 Å². The summed E-state index contributed by atoms with van der Waals surface area (Å²) < 4.78 is 11.6. The van der Waals surface area contributed by atoms with Gasteiger partial charge in [0.2, 0.25) is 0 Å². The minimum atomic E-state index is -1.46. The number of aromatic amines is 1. The molecule has 0 amide bonds. The first-order valence-corrected chi connectivity index (χ1v) is 5.48. The van der Waals surface area contributed by atoms with E-state index in [0.29, 0.717) is 5.69 Å². The summed E-state index contributed by atoms with van der Waals surface area (Å²) >= 11 is 0. The third kappa shape index (κ3) is 2.04. The minimum absolute atomic E-state index is 0.0365. The highest BCUT2D eigenvalue weighted by Gasteiger charge is 2.17. The lowest BCUT2D eigenvalue weighted by atomic mass is 10.3. The summed E-state index contributed by atoms with van der Waals surface area (Å²) in [6.45, 7) is 5.12. The first kappa shape index (κ1) is 11.0. The molecule has 2 N–H and O–H groups in total. The van der Waals surface area contributed by atoms with Gasteiger partial charge in [0.1, 0.15) is 10.6 Å². The lowest BCUT2D eigenvalue weighted by molar-refractivity contribution is 0.457. The molecule has 0 aliphatic heterocycles. The van der Waals surface area contributed by atoms with Crippen LogP contribution in [0.15, 0.2) is 15.8 Å². The van der Waals surface area contributed by atoms with Gasteiger partial charge in [0.15, 0.2) is 0 Å². The highest BCUT2D eigenvalue weighted by molar-refractivity contribution is 7.85. The van der Waals surface area contributed by atoms with Crippen LogP contribution in [0.1, 0.15) is 19.5 Å². The molecule has 0 saturated carbocycles. The van der Waals surface area contributed by atoms with E-state index in [-0.39, 0.29) is 15.9 Å². The van der Waals surface area contributed by atoms with Gasteiger partial charge in [-0.05, 0) is 6.92 Å². The lowest BCUT2D eigenvalue weighted by Gasteiger charge is -2.06. The van der Waals surface area contributed by atoms with E-state index in [1.807, 2.05) is 0 Å². The van der Waals surface area contributed by atoms with Crippen molar-refractivity contribution in [1.29, 1.82) is 0 Å². The molecule has 0 aliphatic rings. The zero-order valence-corrected chi connectivity index (χ0v) is 9.14. The number of aromatic hydroxyl groups is 1. The molecular formula is C9H13NO3S. The number of aryl methyl sites for hydroxylation is 1. The Morgan fingerprint density at radius 2 is 2.07 bits per heavy atom. The second kappa shape index (κ2) is 3.96. The van der Waals surface area contributed by atoms with Crippen molar-refractivity contribution in [2.75, 3.05) is 0 Å². The zero-order chi connectivity index (χ0) is 10.9. The van der Waals surface area contributed by atoms with Crippen molar-refractivity contribution < 1.29 is 9.32 Å². The fourth-order valence-electron chi connectivity index (χ4n) is 1.09. The van der Waals surface area contributed by atoms with Crippen LogP contribution in [-0.2, 0) is 10.8 Å². The molecule has 0 radical (unpaired) electrons. The maximum atomic E-state index is 11.6. The summed E-state index contributed by atoms with van der Waals surface area (Å²) in [7, 11) is -1.46. The van der Waals surface area contributed by atoms with Crippen LogP contribution in [0.5, 0.6) is 5.75 Å². The Balaban J connectivity index is 3.36. The summed E-state index contributed by atoms with van der Waals surface area (Å²) in [5, 5.41) is 9.29. The third-order valence-corrected chi connectivity index (χ3v) is 3.39. The van der Waals surface area contributed by atoms with Gasteiger partial charge in [-0.1, -0.05) is 13.8 Å². The first-order chi connectivity index (χ1) is 6.43. The van der Waals surface area contributed by atoms with E-state index < -0.39 is 16.4 Å². The van der Waals surface area contributed by atoms with Crippen LogP contribution in [-0.4, -0.2) is 19.5 Å². The third-order valence-electron chi connectivity index (χ3n) is 1.73. The molecule has 5 heteroatoms. The molecule has 0 fully saturated rings. The normalized spacial score (nSPS) is 13.1. The summed E-state index contributed by atoms with van der Waals surface area (Å²) in [5.41, 5.74) is 0.0755. The summed E-state index contributed by atoms with van der Waals surface area (Å²) in [6.07, 6.45) is 0. The number of H-pyrrole nitrogens is 1. The second-order valence-corrected chi connectivity index (χ2v) is 5.29. The SMILES string of the molecule is Cc1cc(O)c(S(=O)C(C)C)c(=O)[nH]1. The first-order valence-electron chi connectivity index (χ1n) is 4.27. The van der Waals surface area contributed by atoms with Crippen LogP contribution < -0.4 is 5.56 Å². The number of nitrogens with one attached hydrogen (secondary N) is 1. The highest BCUT2D eigenvalue weighted by Crippen LogP contribution is 2.18. The average molecular weight is 215 g/mol. The van der Waals surface area contributed by atoms with E-state index in [2.05, 4.69) is 4.98 Å². The molecule has 1 heterocycles. The number of aromatic nitrogens is 1. The molecule has 78 valence electrons. The molecule has 1 aromatic rings. The number of hydrogen-bond acceptors (Lipinski definition) is 3. The van der Waals surface area contributed by atoms with Gasteiger partial charge in [0.05, 0.1) is 10.8 Å². The number of pyridine rings is 1. The van der Waals surface area contributed by atoms with Crippen LogP contribution in [0.2, 0.25) is 0 Å². The standard InChI is InChI=1S/C9H13NO3S/c1-5(2)14(13)8-7(11)4-6(3)10-9(8)12/h4-5H,1-3H3,(H2,10,11,12). The summed E-state index contributed by atoms with van der Waals surface area (Å²) in [5.74, 6) is -0.196. The van der Waals surface area contributed by atoms with Gasteiger partial charge in [-0.3, -0.25) is 9.00 Å². The monoisotopic (exact) mass is 215 g/mol. The molecule has 1 aromatic heterocycles. The van der Waals surface area contributed by atoms with E-state index >= 15 is 0 Å². The van der Waals surface area contributed by atoms with Crippen molar-refractivity contribution in [3.8, 4) is 5.75 Å². The van der Waals surface area contributed by atoms with E-state index in [4.69, 9.17) is 0 Å². The zero-order valence-electron chi connectivity index (χ0n) is 8.33. The molecule has 0 bridgehead atoms. The van der Waals surface area contributed by atoms with Gasteiger partial charge in [-0.15, -0.1) is 0 Å². The maximum Gasteiger partial charge on any atom is 0.268 e. The Labute approximate surface area is 84.4 Å².